The van der Waals surface area contributed by atoms with Crippen molar-refractivity contribution in [1.82, 2.24) is 20.5 Å². The molecule has 1 saturated carbocycles. The van der Waals surface area contributed by atoms with Crippen molar-refractivity contribution in [1.29, 1.82) is 5.41 Å². The normalized spacial score (nSPS) is 22.7. The van der Waals surface area contributed by atoms with E-state index in [0.717, 1.165) is 12.8 Å². The molecule has 0 radical (unpaired) electrons. The lowest BCUT2D eigenvalue weighted by Gasteiger charge is -2.42. The average molecular weight is 413 g/mol. The molecule has 8 heteroatoms. The summed E-state index contributed by atoms with van der Waals surface area (Å²) in [4.78, 5) is 17.9. The largest absolute Gasteiger partial charge is 0.390 e. The van der Waals surface area contributed by atoms with Crippen LogP contribution in [0.5, 0.6) is 0 Å². The number of allylic oxidation sites excluding steroid dienone is 3. The van der Waals surface area contributed by atoms with Crippen molar-refractivity contribution in [3.63, 3.8) is 0 Å². The molecule has 160 valence electrons. The Balaban J connectivity index is 1.75. The molecule has 0 saturated heterocycles. The SMILES string of the molecule is CN(C)C1=CC(=N)/C(=C\NC2CC(C(C)(C)O)C2)C=C1NC(=O)c1cccc(F)n1. The van der Waals surface area contributed by atoms with Crippen LogP contribution >= 0.6 is 0 Å². The molecule has 3 rings (SSSR count). The van der Waals surface area contributed by atoms with Crippen molar-refractivity contribution in [2.45, 2.75) is 38.3 Å². The second-order valence-electron chi connectivity index (χ2n) is 8.48. The first kappa shape index (κ1) is 21.7. The Kier molecular flexibility index (Phi) is 6.07. The molecule has 0 bridgehead atoms. The number of carbonyl (C=O) groups excluding carboxylic acids is 1. The van der Waals surface area contributed by atoms with Crippen molar-refractivity contribution >= 4 is 11.6 Å². The van der Waals surface area contributed by atoms with Crippen LogP contribution in [0.25, 0.3) is 0 Å². The fourth-order valence-electron chi connectivity index (χ4n) is 3.45. The molecular weight excluding hydrogens is 385 g/mol. The monoisotopic (exact) mass is 413 g/mol. The first-order chi connectivity index (χ1) is 14.0. The van der Waals surface area contributed by atoms with Crippen LogP contribution in [0.15, 0.2) is 53.5 Å². The molecule has 0 aromatic carbocycles. The maximum absolute atomic E-state index is 13.4. The summed E-state index contributed by atoms with van der Waals surface area (Å²) in [6.45, 7) is 3.64. The summed E-state index contributed by atoms with van der Waals surface area (Å²) < 4.78 is 13.4. The highest BCUT2D eigenvalue weighted by molar-refractivity contribution is 6.10. The smallest absolute Gasteiger partial charge is 0.274 e. The van der Waals surface area contributed by atoms with E-state index in [2.05, 4.69) is 15.6 Å². The van der Waals surface area contributed by atoms with Crippen LogP contribution in [0.2, 0.25) is 0 Å². The summed E-state index contributed by atoms with van der Waals surface area (Å²) in [5, 5.41) is 24.5. The third-order valence-electron chi connectivity index (χ3n) is 5.46. The van der Waals surface area contributed by atoms with Crippen LogP contribution in [0.1, 0.15) is 37.2 Å². The van der Waals surface area contributed by atoms with Gasteiger partial charge in [-0.25, -0.2) is 4.98 Å². The number of likely N-dealkylation sites (N-methyl/N-ethyl adjacent to an activating group) is 1. The fourth-order valence-corrected chi connectivity index (χ4v) is 3.45. The molecule has 1 aromatic rings. The predicted octanol–water partition coefficient (Wildman–Crippen LogP) is 2.34. The highest BCUT2D eigenvalue weighted by Gasteiger charge is 2.38. The molecule has 2 aliphatic rings. The van der Waals surface area contributed by atoms with Gasteiger partial charge in [0, 0.05) is 31.9 Å². The Hall–Kier alpha value is -3.00. The van der Waals surface area contributed by atoms with Crippen LogP contribution < -0.4 is 10.6 Å². The number of nitrogens with one attached hydrogen (secondary N) is 3. The predicted molar refractivity (Wildman–Crippen MR) is 113 cm³/mol. The molecule has 0 unspecified atom stereocenters. The molecule has 4 N–H and O–H groups in total. The Morgan fingerprint density at radius 3 is 2.63 bits per heavy atom. The summed E-state index contributed by atoms with van der Waals surface area (Å²) in [6.07, 6.45) is 6.87. The van der Waals surface area contributed by atoms with Gasteiger partial charge in [-0.05, 0) is 56.9 Å². The van der Waals surface area contributed by atoms with Gasteiger partial charge in [0.15, 0.2) is 0 Å². The lowest BCUT2D eigenvalue weighted by molar-refractivity contribution is -0.0298. The maximum Gasteiger partial charge on any atom is 0.274 e. The van der Waals surface area contributed by atoms with E-state index < -0.39 is 17.5 Å². The number of amides is 1. The Labute approximate surface area is 175 Å². The van der Waals surface area contributed by atoms with E-state index in [0.29, 0.717) is 22.7 Å². The molecular formula is C22H28FN5O2. The number of hydrogen-bond donors (Lipinski definition) is 4. The summed E-state index contributed by atoms with van der Waals surface area (Å²) in [5.74, 6) is -0.995. The van der Waals surface area contributed by atoms with Crippen molar-refractivity contribution in [2.75, 3.05) is 14.1 Å². The van der Waals surface area contributed by atoms with Gasteiger partial charge in [-0.3, -0.25) is 4.79 Å². The van der Waals surface area contributed by atoms with Gasteiger partial charge in [0.2, 0.25) is 5.95 Å². The molecule has 30 heavy (non-hydrogen) atoms. The van der Waals surface area contributed by atoms with Crippen LogP contribution in [-0.4, -0.2) is 52.3 Å². The van der Waals surface area contributed by atoms with Crippen molar-refractivity contribution in [3.05, 3.63) is 65.2 Å². The van der Waals surface area contributed by atoms with E-state index in [4.69, 9.17) is 5.41 Å². The van der Waals surface area contributed by atoms with Gasteiger partial charge < -0.3 is 26.0 Å². The topological polar surface area (TPSA) is 101 Å². The molecule has 0 aliphatic heterocycles. The maximum atomic E-state index is 13.4. The van der Waals surface area contributed by atoms with Gasteiger partial charge in [0.1, 0.15) is 5.69 Å². The Morgan fingerprint density at radius 2 is 2.03 bits per heavy atom. The zero-order valence-corrected chi connectivity index (χ0v) is 17.7. The second kappa shape index (κ2) is 8.39. The van der Waals surface area contributed by atoms with Crippen LogP contribution in [-0.2, 0) is 0 Å². The molecule has 0 atom stereocenters. The third kappa shape index (κ3) is 4.94. The fraction of sp³-hybridized carbons (Fsp3) is 0.409. The van der Waals surface area contributed by atoms with E-state index >= 15 is 0 Å². The minimum atomic E-state index is -0.722. The van der Waals surface area contributed by atoms with E-state index in [-0.39, 0.29) is 17.7 Å². The molecule has 1 fully saturated rings. The van der Waals surface area contributed by atoms with Crippen LogP contribution in [0.3, 0.4) is 0 Å². The first-order valence-electron chi connectivity index (χ1n) is 9.87. The molecule has 1 heterocycles. The number of carbonyl (C=O) groups is 1. The zero-order chi connectivity index (χ0) is 22.1. The van der Waals surface area contributed by atoms with E-state index in [9.17, 15) is 14.3 Å². The lowest BCUT2D eigenvalue weighted by Crippen LogP contribution is -2.48. The van der Waals surface area contributed by atoms with E-state index in [1.54, 1.807) is 23.3 Å². The lowest BCUT2D eigenvalue weighted by atomic mass is 9.71. The summed E-state index contributed by atoms with van der Waals surface area (Å²) in [5.41, 5.74) is 1.39. The standard InChI is InChI=1S/C22H28FN5O2/c1-22(2,30)14-9-15(10-14)25-12-13-8-18(19(28(3)4)11-16(13)24)27-21(29)17-6-5-7-20(23)26-17/h5-8,11-12,14-15,24-25,30H,9-10H2,1-4H3,(H,27,29)/b13-12-,24-16?. The van der Waals surface area contributed by atoms with Gasteiger partial charge in [-0.2, -0.15) is 4.39 Å². The molecule has 2 aliphatic carbocycles. The third-order valence-corrected chi connectivity index (χ3v) is 5.46. The van der Waals surface area contributed by atoms with Crippen molar-refractivity contribution < 1.29 is 14.3 Å². The Bertz CT molecular complexity index is 937. The molecule has 7 nitrogen and oxygen atoms in total. The zero-order valence-electron chi connectivity index (χ0n) is 17.7. The van der Waals surface area contributed by atoms with Crippen molar-refractivity contribution in [3.8, 4) is 0 Å². The number of aromatic nitrogens is 1. The van der Waals surface area contributed by atoms with Gasteiger partial charge in [-0.1, -0.05) is 6.07 Å². The number of nitrogens with zero attached hydrogens (tertiary/aromatic N) is 2. The number of rotatable bonds is 6. The number of aliphatic hydroxyl groups is 1. The second-order valence-corrected chi connectivity index (χ2v) is 8.48. The number of hydrogen-bond acceptors (Lipinski definition) is 6. The van der Waals surface area contributed by atoms with Crippen LogP contribution in [0.4, 0.5) is 4.39 Å². The van der Waals surface area contributed by atoms with Crippen molar-refractivity contribution in [2.24, 2.45) is 5.92 Å². The minimum Gasteiger partial charge on any atom is -0.390 e. The Morgan fingerprint density at radius 1 is 1.33 bits per heavy atom. The number of pyridine rings is 1. The van der Waals surface area contributed by atoms with Crippen LogP contribution in [0, 0.1) is 17.3 Å². The molecule has 1 amide bonds. The van der Waals surface area contributed by atoms with Gasteiger partial charge in [-0.15, -0.1) is 0 Å². The molecule has 1 aromatic heterocycles. The first-order valence-corrected chi connectivity index (χ1v) is 9.87. The highest BCUT2D eigenvalue weighted by atomic mass is 19.1. The van der Waals surface area contributed by atoms with Gasteiger partial charge in [0.25, 0.3) is 5.91 Å². The summed E-state index contributed by atoms with van der Waals surface area (Å²) >= 11 is 0. The van der Waals surface area contributed by atoms with E-state index in [1.165, 1.54) is 18.2 Å². The minimum absolute atomic E-state index is 0.0227. The quantitative estimate of drug-likeness (QED) is 0.536. The summed E-state index contributed by atoms with van der Waals surface area (Å²) in [6, 6.07) is 4.29. The van der Waals surface area contributed by atoms with E-state index in [1.807, 2.05) is 27.9 Å². The highest BCUT2D eigenvalue weighted by Crippen LogP contribution is 2.36. The van der Waals surface area contributed by atoms with Gasteiger partial charge >= 0.3 is 0 Å². The summed E-state index contributed by atoms with van der Waals surface area (Å²) in [7, 11) is 3.63. The van der Waals surface area contributed by atoms with Gasteiger partial charge in [0.05, 0.1) is 22.7 Å². The molecule has 0 spiro atoms. The number of halogens is 1. The average Bonchev–Trinajstić information content (AvgIpc) is 2.61.